The molecule has 5 nitrogen and oxygen atoms in total. The Kier molecular flexibility index (Phi) is 5.07. The number of nitrogens with zero attached hydrogens (tertiary/aromatic N) is 2. The van der Waals surface area contributed by atoms with E-state index in [1.54, 1.807) is 18.5 Å². The van der Waals surface area contributed by atoms with Crippen LogP contribution in [0.3, 0.4) is 0 Å². The molecule has 0 radical (unpaired) electrons. The van der Waals surface area contributed by atoms with Crippen molar-refractivity contribution in [3.05, 3.63) is 89.8 Å². The lowest BCUT2D eigenvalue weighted by Gasteiger charge is -2.08. The third-order valence-corrected chi connectivity index (χ3v) is 4.72. The molecule has 0 bridgehead atoms. The molecule has 0 aliphatic carbocycles. The predicted octanol–water partition coefficient (Wildman–Crippen LogP) is 5.34. The van der Waals surface area contributed by atoms with Gasteiger partial charge in [-0.2, -0.15) is 0 Å². The summed E-state index contributed by atoms with van der Waals surface area (Å²) < 4.78 is 13.0. The van der Waals surface area contributed by atoms with Crippen LogP contribution in [-0.2, 0) is 0 Å². The predicted molar refractivity (Wildman–Crippen MR) is 109 cm³/mol. The van der Waals surface area contributed by atoms with Gasteiger partial charge in [0, 0.05) is 40.3 Å². The van der Waals surface area contributed by atoms with Gasteiger partial charge in [0.1, 0.15) is 5.82 Å². The summed E-state index contributed by atoms with van der Waals surface area (Å²) in [5.74, 6) is -0.677. The van der Waals surface area contributed by atoms with Crippen molar-refractivity contribution in [3.63, 3.8) is 0 Å². The molecule has 0 fully saturated rings. The van der Waals surface area contributed by atoms with E-state index in [0.717, 1.165) is 22.1 Å². The van der Waals surface area contributed by atoms with Gasteiger partial charge in [-0.15, -0.1) is 11.3 Å². The average molecular weight is 390 g/mol. The highest BCUT2D eigenvalue weighted by molar-refractivity contribution is 7.14. The standard InChI is InChI=1S/C21H15FN4OS/c22-16-6-4-15(5-7-16)20(27)24-17-2-1-3-18(12-17)25-21-26-19(13-28-21)14-8-10-23-11-9-14/h1-13H,(H,24,27)(H,25,26). The minimum atomic E-state index is -0.377. The van der Waals surface area contributed by atoms with E-state index in [-0.39, 0.29) is 11.7 Å². The van der Waals surface area contributed by atoms with E-state index in [2.05, 4.69) is 20.6 Å². The molecule has 4 aromatic rings. The molecular formula is C21H15FN4OS. The fourth-order valence-electron chi connectivity index (χ4n) is 2.59. The van der Waals surface area contributed by atoms with Crippen LogP contribution in [0.2, 0.25) is 0 Å². The molecule has 2 aromatic carbocycles. The molecule has 0 spiro atoms. The number of halogens is 1. The molecule has 0 aliphatic rings. The first-order valence-corrected chi connectivity index (χ1v) is 9.35. The number of rotatable bonds is 5. The van der Waals surface area contributed by atoms with Crippen LogP contribution in [-0.4, -0.2) is 15.9 Å². The monoisotopic (exact) mass is 390 g/mol. The zero-order valence-corrected chi connectivity index (χ0v) is 15.4. The lowest BCUT2D eigenvalue weighted by atomic mass is 10.2. The Morgan fingerprint density at radius 1 is 0.964 bits per heavy atom. The van der Waals surface area contributed by atoms with Gasteiger partial charge in [-0.05, 0) is 54.6 Å². The molecule has 2 aromatic heterocycles. The van der Waals surface area contributed by atoms with Crippen LogP contribution in [0.4, 0.5) is 20.9 Å². The van der Waals surface area contributed by atoms with Crippen molar-refractivity contribution in [2.45, 2.75) is 0 Å². The second kappa shape index (κ2) is 7.98. The Morgan fingerprint density at radius 2 is 1.71 bits per heavy atom. The van der Waals surface area contributed by atoms with E-state index in [0.29, 0.717) is 11.3 Å². The number of aromatic nitrogens is 2. The molecule has 1 amide bonds. The molecule has 0 aliphatic heterocycles. The lowest BCUT2D eigenvalue weighted by Crippen LogP contribution is -2.11. The van der Waals surface area contributed by atoms with Gasteiger partial charge in [0.05, 0.1) is 5.69 Å². The number of benzene rings is 2. The molecule has 7 heteroatoms. The summed E-state index contributed by atoms with van der Waals surface area (Å²) >= 11 is 1.49. The number of hydrogen-bond donors (Lipinski definition) is 2. The molecular weight excluding hydrogens is 375 g/mol. The Bertz CT molecular complexity index is 1100. The number of amides is 1. The van der Waals surface area contributed by atoms with Crippen LogP contribution < -0.4 is 10.6 Å². The first-order valence-electron chi connectivity index (χ1n) is 8.47. The number of carbonyl (C=O) groups excluding carboxylic acids is 1. The Labute approximate surface area is 164 Å². The van der Waals surface area contributed by atoms with E-state index >= 15 is 0 Å². The van der Waals surface area contributed by atoms with E-state index in [1.807, 2.05) is 35.7 Å². The number of nitrogens with one attached hydrogen (secondary N) is 2. The van der Waals surface area contributed by atoms with Gasteiger partial charge >= 0.3 is 0 Å². The van der Waals surface area contributed by atoms with Crippen molar-refractivity contribution in [1.82, 2.24) is 9.97 Å². The Hall–Kier alpha value is -3.58. The molecule has 0 saturated carbocycles. The zero-order chi connectivity index (χ0) is 19.3. The third kappa shape index (κ3) is 4.21. The first kappa shape index (κ1) is 17.8. The quantitative estimate of drug-likeness (QED) is 0.483. The van der Waals surface area contributed by atoms with Gasteiger partial charge in [0.15, 0.2) is 5.13 Å². The van der Waals surface area contributed by atoms with Gasteiger partial charge in [-0.3, -0.25) is 9.78 Å². The van der Waals surface area contributed by atoms with Crippen molar-refractivity contribution in [1.29, 1.82) is 0 Å². The maximum atomic E-state index is 13.0. The summed E-state index contributed by atoms with van der Waals surface area (Å²) in [5, 5.41) is 8.77. The first-order chi connectivity index (χ1) is 13.7. The van der Waals surface area contributed by atoms with Crippen LogP contribution in [0.5, 0.6) is 0 Å². The fraction of sp³-hybridized carbons (Fsp3) is 0. The maximum absolute atomic E-state index is 13.0. The van der Waals surface area contributed by atoms with E-state index < -0.39 is 0 Å². The van der Waals surface area contributed by atoms with Crippen molar-refractivity contribution in [2.24, 2.45) is 0 Å². The van der Waals surface area contributed by atoms with E-state index in [1.165, 1.54) is 35.6 Å². The molecule has 28 heavy (non-hydrogen) atoms. The number of carbonyl (C=O) groups is 1. The van der Waals surface area contributed by atoms with Crippen molar-refractivity contribution >= 4 is 33.8 Å². The highest BCUT2D eigenvalue weighted by Gasteiger charge is 2.08. The number of anilines is 3. The molecule has 2 N–H and O–H groups in total. The molecule has 0 saturated heterocycles. The van der Waals surface area contributed by atoms with Gasteiger partial charge in [-0.25, -0.2) is 9.37 Å². The van der Waals surface area contributed by atoms with Gasteiger partial charge < -0.3 is 10.6 Å². The van der Waals surface area contributed by atoms with Crippen LogP contribution in [0.1, 0.15) is 10.4 Å². The minimum Gasteiger partial charge on any atom is -0.331 e. The van der Waals surface area contributed by atoms with Crippen LogP contribution >= 0.6 is 11.3 Å². The summed E-state index contributed by atoms with van der Waals surface area (Å²) in [6, 6.07) is 16.6. The molecule has 2 heterocycles. The Balaban J connectivity index is 1.46. The summed E-state index contributed by atoms with van der Waals surface area (Å²) in [4.78, 5) is 20.9. The minimum absolute atomic E-state index is 0.300. The SMILES string of the molecule is O=C(Nc1cccc(Nc2nc(-c3ccncc3)cs2)c1)c1ccc(F)cc1. The summed E-state index contributed by atoms with van der Waals surface area (Å²) in [6.07, 6.45) is 3.46. The smallest absolute Gasteiger partial charge is 0.255 e. The fourth-order valence-corrected chi connectivity index (χ4v) is 3.33. The zero-order valence-electron chi connectivity index (χ0n) is 14.6. The number of pyridine rings is 1. The summed E-state index contributed by atoms with van der Waals surface area (Å²) in [5.41, 5.74) is 3.69. The van der Waals surface area contributed by atoms with Crippen LogP contribution in [0, 0.1) is 5.82 Å². The highest BCUT2D eigenvalue weighted by Crippen LogP contribution is 2.27. The third-order valence-electron chi connectivity index (χ3n) is 3.96. The molecule has 0 unspecified atom stereocenters. The highest BCUT2D eigenvalue weighted by atomic mass is 32.1. The average Bonchev–Trinajstić information content (AvgIpc) is 3.18. The lowest BCUT2D eigenvalue weighted by molar-refractivity contribution is 0.102. The van der Waals surface area contributed by atoms with Crippen molar-refractivity contribution < 1.29 is 9.18 Å². The maximum Gasteiger partial charge on any atom is 0.255 e. The topological polar surface area (TPSA) is 66.9 Å². The van der Waals surface area contributed by atoms with E-state index in [9.17, 15) is 9.18 Å². The molecule has 4 rings (SSSR count). The Morgan fingerprint density at radius 3 is 2.50 bits per heavy atom. The molecule has 138 valence electrons. The number of hydrogen-bond acceptors (Lipinski definition) is 5. The van der Waals surface area contributed by atoms with Crippen LogP contribution in [0.15, 0.2) is 78.4 Å². The second-order valence-electron chi connectivity index (χ2n) is 5.94. The van der Waals surface area contributed by atoms with Crippen molar-refractivity contribution in [3.8, 4) is 11.3 Å². The van der Waals surface area contributed by atoms with Crippen molar-refractivity contribution in [2.75, 3.05) is 10.6 Å². The largest absolute Gasteiger partial charge is 0.331 e. The normalized spacial score (nSPS) is 10.5. The second-order valence-corrected chi connectivity index (χ2v) is 6.80. The van der Waals surface area contributed by atoms with Crippen LogP contribution in [0.25, 0.3) is 11.3 Å². The van der Waals surface area contributed by atoms with Gasteiger partial charge in [0.25, 0.3) is 5.91 Å². The van der Waals surface area contributed by atoms with Gasteiger partial charge in [0.2, 0.25) is 0 Å². The molecule has 0 atom stereocenters. The number of thiazole rings is 1. The van der Waals surface area contributed by atoms with Gasteiger partial charge in [-0.1, -0.05) is 6.07 Å². The summed E-state index contributed by atoms with van der Waals surface area (Å²) in [7, 11) is 0. The summed E-state index contributed by atoms with van der Waals surface area (Å²) in [6.45, 7) is 0. The van der Waals surface area contributed by atoms with E-state index in [4.69, 9.17) is 0 Å².